The molecule has 2 aromatic carbocycles. The van der Waals surface area contributed by atoms with Crippen LogP contribution >= 0.6 is 0 Å². The van der Waals surface area contributed by atoms with Gasteiger partial charge in [0.1, 0.15) is 11.3 Å². The summed E-state index contributed by atoms with van der Waals surface area (Å²) in [5.74, 6) is -1.09. The van der Waals surface area contributed by atoms with Crippen molar-refractivity contribution in [1.82, 2.24) is 0 Å². The van der Waals surface area contributed by atoms with Crippen LogP contribution in [0.15, 0.2) is 57.7 Å². The number of fused-ring (bicyclic) bond motifs is 1. The van der Waals surface area contributed by atoms with Crippen LogP contribution in [0.1, 0.15) is 0 Å². The second-order valence-corrected chi connectivity index (χ2v) is 6.84. The lowest BCUT2D eigenvalue weighted by molar-refractivity contribution is -0.0500. The summed E-state index contributed by atoms with van der Waals surface area (Å²) in [5, 5.41) is -0.123. The van der Waals surface area contributed by atoms with Gasteiger partial charge in [-0.15, -0.1) is 0 Å². The third-order valence-electron chi connectivity index (χ3n) is 3.58. The van der Waals surface area contributed by atoms with Crippen LogP contribution in [0.5, 0.6) is 11.5 Å². The summed E-state index contributed by atoms with van der Waals surface area (Å²) in [6.07, 6.45) is 0. The molecule has 6 nitrogen and oxygen atoms in total. The summed E-state index contributed by atoms with van der Waals surface area (Å²) >= 11 is 0. The molecule has 0 aliphatic carbocycles. The number of ether oxygens (including phenoxy) is 1. The van der Waals surface area contributed by atoms with E-state index >= 15 is 0 Å². The predicted molar refractivity (Wildman–Crippen MR) is 90.1 cm³/mol. The van der Waals surface area contributed by atoms with Gasteiger partial charge in [-0.05, 0) is 36.4 Å². The third-order valence-corrected chi connectivity index (χ3v) is 4.54. The van der Waals surface area contributed by atoms with E-state index in [0.29, 0.717) is 5.75 Å². The van der Waals surface area contributed by atoms with Gasteiger partial charge in [0.25, 0.3) is 0 Å². The molecule has 142 valence electrons. The maximum atomic E-state index is 12.7. The van der Waals surface area contributed by atoms with Gasteiger partial charge < -0.3 is 13.3 Å². The minimum atomic E-state index is -6.07. The van der Waals surface area contributed by atoms with Crippen LogP contribution in [0.3, 0.4) is 0 Å². The minimum Gasteiger partial charge on any atom is -0.497 e. The average Bonchev–Trinajstić information content (AvgIpc) is 2.63. The van der Waals surface area contributed by atoms with Gasteiger partial charge in [0, 0.05) is 5.56 Å². The highest BCUT2D eigenvalue weighted by atomic mass is 32.2. The van der Waals surface area contributed by atoms with Crippen LogP contribution in [0.4, 0.5) is 13.2 Å². The van der Waals surface area contributed by atoms with E-state index in [1.54, 1.807) is 6.07 Å². The molecule has 0 amide bonds. The van der Waals surface area contributed by atoms with E-state index < -0.39 is 32.6 Å². The van der Waals surface area contributed by atoms with Gasteiger partial charge in [-0.1, -0.05) is 12.1 Å². The lowest BCUT2D eigenvalue weighted by atomic mass is 10.1. The minimum absolute atomic E-state index is 0.0603. The lowest BCUT2D eigenvalue weighted by Crippen LogP contribution is -2.30. The van der Waals surface area contributed by atoms with Crippen molar-refractivity contribution < 1.29 is 34.9 Å². The molecular weight excluding hydrogens is 389 g/mol. The Kier molecular flexibility index (Phi) is 4.60. The summed E-state index contributed by atoms with van der Waals surface area (Å²) in [5.41, 5.74) is -6.56. The Balaban J connectivity index is 2.29. The van der Waals surface area contributed by atoms with Gasteiger partial charge in [0.15, 0.2) is 5.76 Å². The van der Waals surface area contributed by atoms with Crippen LogP contribution in [-0.4, -0.2) is 21.0 Å². The zero-order chi connectivity index (χ0) is 19.8. The Hall–Kier alpha value is -3.01. The van der Waals surface area contributed by atoms with Crippen LogP contribution in [0.2, 0.25) is 0 Å². The van der Waals surface area contributed by atoms with Crippen molar-refractivity contribution >= 4 is 21.1 Å². The van der Waals surface area contributed by atoms with Crippen LogP contribution in [0.25, 0.3) is 22.3 Å². The summed E-state index contributed by atoms with van der Waals surface area (Å²) in [4.78, 5) is 12.6. The molecule has 10 heteroatoms. The number of benzene rings is 2. The maximum Gasteiger partial charge on any atom is 0.534 e. The molecule has 0 atom stereocenters. The average molecular weight is 400 g/mol. The van der Waals surface area contributed by atoms with Crippen molar-refractivity contribution in [2.24, 2.45) is 0 Å². The molecule has 0 saturated carbocycles. The molecule has 0 radical (unpaired) electrons. The Bertz CT molecular complexity index is 1150. The summed E-state index contributed by atoms with van der Waals surface area (Å²) in [6, 6.07) is 11.4. The Morgan fingerprint density at radius 1 is 1.00 bits per heavy atom. The van der Waals surface area contributed by atoms with Crippen molar-refractivity contribution in [3.63, 3.8) is 0 Å². The predicted octanol–water partition coefficient (Wildman–Crippen LogP) is 3.70. The molecule has 0 bridgehead atoms. The van der Waals surface area contributed by atoms with E-state index in [1.165, 1.54) is 49.6 Å². The molecule has 0 aliphatic heterocycles. The van der Waals surface area contributed by atoms with Crippen LogP contribution in [0, 0.1) is 0 Å². The van der Waals surface area contributed by atoms with Gasteiger partial charge in [0.05, 0.1) is 12.5 Å². The van der Waals surface area contributed by atoms with E-state index in [-0.39, 0.29) is 16.5 Å². The molecule has 3 aromatic rings. The quantitative estimate of drug-likeness (QED) is 0.491. The maximum absolute atomic E-state index is 12.7. The number of alkyl halides is 3. The first kappa shape index (κ1) is 18.8. The standard InChI is InChI=1S/C17H11F3O6S/c1-24-11-8-6-10(7-9-11)15-16(26-27(22,23)17(18,19)20)14(21)12-4-2-3-5-13(12)25-15/h2-9H,1H3. The van der Waals surface area contributed by atoms with Gasteiger partial charge >= 0.3 is 15.6 Å². The Morgan fingerprint density at radius 3 is 2.22 bits per heavy atom. The van der Waals surface area contributed by atoms with Gasteiger partial charge in [-0.3, -0.25) is 4.79 Å². The first-order valence-corrected chi connectivity index (χ1v) is 8.76. The fraction of sp³-hybridized carbons (Fsp3) is 0.118. The summed E-state index contributed by atoms with van der Waals surface area (Å²) in [7, 11) is -4.66. The second-order valence-electron chi connectivity index (χ2n) is 5.30. The van der Waals surface area contributed by atoms with E-state index in [4.69, 9.17) is 9.15 Å². The topological polar surface area (TPSA) is 82.8 Å². The van der Waals surface area contributed by atoms with Gasteiger partial charge in [-0.25, -0.2) is 0 Å². The number of para-hydroxylation sites is 1. The van der Waals surface area contributed by atoms with E-state index in [1.807, 2.05) is 0 Å². The fourth-order valence-electron chi connectivity index (χ4n) is 2.29. The van der Waals surface area contributed by atoms with Gasteiger partial charge in [0.2, 0.25) is 11.2 Å². The van der Waals surface area contributed by atoms with E-state index in [9.17, 15) is 26.4 Å². The normalized spacial score (nSPS) is 12.1. The van der Waals surface area contributed by atoms with Gasteiger partial charge in [-0.2, -0.15) is 21.6 Å². The Morgan fingerprint density at radius 2 is 1.63 bits per heavy atom. The van der Waals surface area contributed by atoms with Crippen molar-refractivity contribution in [2.45, 2.75) is 5.51 Å². The van der Waals surface area contributed by atoms with Crippen LogP contribution < -0.4 is 14.3 Å². The molecule has 27 heavy (non-hydrogen) atoms. The molecule has 0 aliphatic rings. The molecule has 0 N–H and O–H groups in total. The molecule has 0 unspecified atom stereocenters. The number of rotatable bonds is 4. The highest BCUT2D eigenvalue weighted by molar-refractivity contribution is 7.88. The molecule has 3 rings (SSSR count). The molecule has 0 fully saturated rings. The Labute approximate surface area is 150 Å². The fourth-order valence-corrected chi connectivity index (χ4v) is 2.76. The molecule has 1 aromatic heterocycles. The molecular formula is C17H11F3O6S. The molecule has 1 heterocycles. The SMILES string of the molecule is COc1ccc(-c2oc3ccccc3c(=O)c2OS(=O)(=O)C(F)(F)F)cc1. The third kappa shape index (κ3) is 3.47. The van der Waals surface area contributed by atoms with Crippen molar-refractivity contribution in [2.75, 3.05) is 7.11 Å². The number of hydrogen-bond donors (Lipinski definition) is 0. The first-order valence-electron chi connectivity index (χ1n) is 7.35. The van der Waals surface area contributed by atoms with Crippen molar-refractivity contribution in [3.8, 4) is 22.8 Å². The molecule has 0 saturated heterocycles. The summed E-state index contributed by atoms with van der Waals surface area (Å²) < 4.78 is 75.7. The van der Waals surface area contributed by atoms with E-state index in [0.717, 1.165) is 0 Å². The van der Waals surface area contributed by atoms with Crippen molar-refractivity contribution in [1.29, 1.82) is 0 Å². The zero-order valence-corrected chi connectivity index (χ0v) is 14.4. The van der Waals surface area contributed by atoms with E-state index in [2.05, 4.69) is 4.18 Å². The number of hydrogen-bond acceptors (Lipinski definition) is 6. The second kappa shape index (κ2) is 6.62. The summed E-state index contributed by atoms with van der Waals surface area (Å²) in [6.45, 7) is 0. The zero-order valence-electron chi connectivity index (χ0n) is 13.6. The highest BCUT2D eigenvalue weighted by Crippen LogP contribution is 2.35. The largest absolute Gasteiger partial charge is 0.534 e. The van der Waals surface area contributed by atoms with Crippen molar-refractivity contribution in [3.05, 3.63) is 58.8 Å². The molecule has 0 spiro atoms. The highest BCUT2D eigenvalue weighted by Gasteiger charge is 2.49. The smallest absolute Gasteiger partial charge is 0.497 e. The first-order chi connectivity index (χ1) is 12.6. The van der Waals surface area contributed by atoms with Crippen LogP contribution in [-0.2, 0) is 10.1 Å². The monoisotopic (exact) mass is 400 g/mol. The lowest BCUT2D eigenvalue weighted by Gasteiger charge is -2.13. The number of halogens is 3. The number of methoxy groups -OCH3 is 1.